The van der Waals surface area contributed by atoms with E-state index < -0.39 is 0 Å². The van der Waals surface area contributed by atoms with Crippen molar-refractivity contribution in [3.63, 3.8) is 0 Å². The summed E-state index contributed by atoms with van der Waals surface area (Å²) in [6.07, 6.45) is 2.63. The van der Waals surface area contributed by atoms with Gasteiger partial charge in [-0.3, -0.25) is 0 Å². The summed E-state index contributed by atoms with van der Waals surface area (Å²) in [7, 11) is 0. The van der Waals surface area contributed by atoms with Gasteiger partial charge in [0.15, 0.2) is 5.76 Å². The van der Waals surface area contributed by atoms with E-state index in [1.807, 2.05) is 30.3 Å². The monoisotopic (exact) mass is 301 g/mol. The minimum atomic E-state index is -0.288. The van der Waals surface area contributed by atoms with Gasteiger partial charge >= 0.3 is 6.03 Å². The van der Waals surface area contributed by atoms with Crippen molar-refractivity contribution in [2.45, 2.75) is 25.5 Å². The molecular weight excluding hydrogens is 282 g/mol. The molecule has 116 valence electrons. The molecule has 0 spiro atoms. The van der Waals surface area contributed by atoms with E-state index in [1.54, 1.807) is 11.1 Å². The third kappa shape index (κ3) is 3.46. The molecule has 6 heteroatoms. The molecule has 0 saturated carbocycles. The Balaban J connectivity index is 1.54. The Hall–Kier alpha value is -2.34. The van der Waals surface area contributed by atoms with Crippen LogP contribution in [0.25, 0.3) is 11.3 Å². The number of nitrogens with one attached hydrogen (secondary N) is 1. The molecule has 2 heterocycles. The molecule has 1 aromatic carbocycles. The molecule has 0 unspecified atom stereocenters. The van der Waals surface area contributed by atoms with Crippen LogP contribution in [0.1, 0.15) is 18.7 Å². The number of likely N-dealkylation sites (tertiary alicyclic amines) is 1. The molecule has 0 bridgehead atoms. The van der Waals surface area contributed by atoms with Crippen LogP contribution < -0.4 is 5.32 Å². The van der Waals surface area contributed by atoms with Gasteiger partial charge in [0.05, 0.1) is 18.8 Å². The number of rotatable bonds is 3. The van der Waals surface area contributed by atoms with Crippen LogP contribution in [0.2, 0.25) is 0 Å². The Morgan fingerprint density at radius 1 is 1.32 bits per heavy atom. The molecule has 0 radical (unpaired) electrons. The molecule has 0 aliphatic carbocycles. The summed E-state index contributed by atoms with van der Waals surface area (Å²) < 4.78 is 5.64. The second-order valence-corrected chi connectivity index (χ2v) is 5.36. The van der Waals surface area contributed by atoms with E-state index in [0.717, 1.165) is 5.56 Å². The van der Waals surface area contributed by atoms with Crippen molar-refractivity contribution in [2.75, 3.05) is 13.1 Å². The van der Waals surface area contributed by atoms with E-state index in [1.165, 1.54) is 0 Å². The number of nitrogens with zero attached hydrogens (tertiary/aromatic N) is 2. The van der Waals surface area contributed by atoms with Crippen molar-refractivity contribution < 1.29 is 14.3 Å². The van der Waals surface area contributed by atoms with E-state index in [9.17, 15) is 9.90 Å². The number of benzene rings is 1. The molecule has 2 aromatic rings. The number of aliphatic hydroxyl groups is 1. The lowest BCUT2D eigenvalue weighted by atomic mass is 10.1. The van der Waals surface area contributed by atoms with Crippen LogP contribution in [0.15, 0.2) is 40.9 Å². The van der Waals surface area contributed by atoms with Gasteiger partial charge in [0.2, 0.25) is 5.89 Å². The first-order valence-electron chi connectivity index (χ1n) is 7.43. The Morgan fingerprint density at radius 2 is 2.05 bits per heavy atom. The minimum absolute atomic E-state index is 0.147. The van der Waals surface area contributed by atoms with Gasteiger partial charge in [-0.15, -0.1) is 0 Å². The van der Waals surface area contributed by atoms with Crippen molar-refractivity contribution in [3.8, 4) is 11.3 Å². The average molecular weight is 301 g/mol. The van der Waals surface area contributed by atoms with E-state index >= 15 is 0 Å². The van der Waals surface area contributed by atoms with Gasteiger partial charge in [0.25, 0.3) is 0 Å². The van der Waals surface area contributed by atoms with Crippen molar-refractivity contribution in [2.24, 2.45) is 0 Å². The first-order chi connectivity index (χ1) is 10.7. The van der Waals surface area contributed by atoms with Crippen LogP contribution in [0.5, 0.6) is 0 Å². The SMILES string of the molecule is O=C(NCc1ncc(-c2ccccc2)o1)N1CCC(O)CC1. The summed E-state index contributed by atoms with van der Waals surface area (Å²) in [6, 6.07) is 9.56. The molecule has 1 saturated heterocycles. The number of carbonyl (C=O) groups is 1. The quantitative estimate of drug-likeness (QED) is 0.909. The van der Waals surface area contributed by atoms with E-state index in [2.05, 4.69) is 10.3 Å². The summed E-state index contributed by atoms with van der Waals surface area (Å²) in [5.74, 6) is 1.16. The highest BCUT2D eigenvalue weighted by Gasteiger charge is 2.21. The van der Waals surface area contributed by atoms with Crippen molar-refractivity contribution >= 4 is 6.03 Å². The molecular formula is C16H19N3O3. The summed E-state index contributed by atoms with van der Waals surface area (Å²) in [5, 5.41) is 12.2. The van der Waals surface area contributed by atoms with Crippen LogP contribution in [0.4, 0.5) is 4.79 Å². The van der Waals surface area contributed by atoms with Crippen molar-refractivity contribution in [1.29, 1.82) is 0 Å². The summed E-state index contributed by atoms with van der Waals surface area (Å²) >= 11 is 0. The van der Waals surface area contributed by atoms with E-state index in [4.69, 9.17) is 4.42 Å². The van der Waals surface area contributed by atoms with Gasteiger partial charge in [0, 0.05) is 18.7 Å². The highest BCUT2D eigenvalue weighted by atomic mass is 16.4. The lowest BCUT2D eigenvalue weighted by Crippen LogP contribution is -2.45. The van der Waals surface area contributed by atoms with Gasteiger partial charge in [0.1, 0.15) is 0 Å². The lowest BCUT2D eigenvalue weighted by Gasteiger charge is -2.29. The number of aliphatic hydroxyl groups excluding tert-OH is 1. The van der Waals surface area contributed by atoms with Crippen LogP contribution >= 0.6 is 0 Å². The third-order valence-electron chi connectivity index (χ3n) is 3.75. The standard InChI is InChI=1S/C16H19N3O3/c20-13-6-8-19(9-7-13)16(21)18-11-15-17-10-14(22-15)12-4-2-1-3-5-12/h1-5,10,13,20H,6-9,11H2,(H,18,21). The average Bonchev–Trinajstić information content (AvgIpc) is 3.03. The van der Waals surface area contributed by atoms with Crippen molar-refractivity contribution in [3.05, 3.63) is 42.4 Å². The molecule has 3 rings (SSSR count). The largest absolute Gasteiger partial charge is 0.439 e. The topological polar surface area (TPSA) is 78.6 Å². The Morgan fingerprint density at radius 3 is 2.77 bits per heavy atom. The summed E-state index contributed by atoms with van der Waals surface area (Å²) in [5.41, 5.74) is 0.956. The highest BCUT2D eigenvalue weighted by Crippen LogP contribution is 2.19. The Bertz CT molecular complexity index is 619. The first-order valence-corrected chi connectivity index (χ1v) is 7.43. The van der Waals surface area contributed by atoms with Gasteiger partial charge < -0.3 is 19.7 Å². The number of piperidine rings is 1. The summed E-state index contributed by atoms with van der Waals surface area (Å²) in [6.45, 7) is 1.41. The second kappa shape index (κ2) is 6.62. The summed E-state index contributed by atoms with van der Waals surface area (Å²) in [4.78, 5) is 17.9. The van der Waals surface area contributed by atoms with E-state index in [0.29, 0.717) is 37.6 Å². The molecule has 22 heavy (non-hydrogen) atoms. The van der Waals surface area contributed by atoms with Gasteiger partial charge in [-0.25, -0.2) is 9.78 Å². The van der Waals surface area contributed by atoms with Crippen LogP contribution in [0.3, 0.4) is 0 Å². The zero-order valence-electron chi connectivity index (χ0n) is 12.2. The smallest absolute Gasteiger partial charge is 0.317 e. The zero-order valence-corrected chi connectivity index (χ0v) is 12.2. The number of hydrogen-bond donors (Lipinski definition) is 2. The van der Waals surface area contributed by atoms with Gasteiger partial charge in [-0.2, -0.15) is 0 Å². The predicted octanol–water partition coefficient (Wildman–Crippen LogP) is 2.01. The highest BCUT2D eigenvalue weighted by molar-refractivity contribution is 5.74. The Labute approximate surface area is 128 Å². The molecule has 0 atom stereocenters. The maximum Gasteiger partial charge on any atom is 0.317 e. The number of urea groups is 1. The predicted molar refractivity (Wildman–Crippen MR) is 81.0 cm³/mol. The number of amides is 2. The molecule has 1 fully saturated rings. The van der Waals surface area contributed by atoms with Crippen LogP contribution in [0, 0.1) is 0 Å². The number of carbonyl (C=O) groups excluding carboxylic acids is 1. The third-order valence-corrected chi connectivity index (χ3v) is 3.75. The van der Waals surface area contributed by atoms with Gasteiger partial charge in [-0.05, 0) is 12.8 Å². The van der Waals surface area contributed by atoms with Crippen LogP contribution in [-0.2, 0) is 6.54 Å². The van der Waals surface area contributed by atoms with E-state index in [-0.39, 0.29) is 18.7 Å². The lowest BCUT2D eigenvalue weighted by molar-refractivity contribution is 0.0934. The molecule has 2 N–H and O–H groups in total. The fraction of sp³-hybridized carbons (Fsp3) is 0.375. The molecule has 1 aliphatic rings. The fourth-order valence-electron chi connectivity index (χ4n) is 2.46. The first kappa shape index (κ1) is 14.6. The zero-order chi connectivity index (χ0) is 15.4. The fourth-order valence-corrected chi connectivity index (χ4v) is 2.46. The maximum absolute atomic E-state index is 12.0. The maximum atomic E-state index is 12.0. The number of oxazole rings is 1. The van der Waals surface area contributed by atoms with Crippen LogP contribution in [-0.4, -0.2) is 40.2 Å². The minimum Gasteiger partial charge on any atom is -0.439 e. The molecule has 6 nitrogen and oxygen atoms in total. The molecule has 1 aromatic heterocycles. The second-order valence-electron chi connectivity index (χ2n) is 5.36. The molecule has 1 aliphatic heterocycles. The number of aromatic nitrogens is 1. The molecule has 2 amide bonds. The number of hydrogen-bond acceptors (Lipinski definition) is 4. The Kier molecular flexibility index (Phi) is 4.39. The van der Waals surface area contributed by atoms with Gasteiger partial charge in [-0.1, -0.05) is 30.3 Å². The normalized spacial score (nSPS) is 15.8. The van der Waals surface area contributed by atoms with Crippen molar-refractivity contribution in [1.82, 2.24) is 15.2 Å².